The van der Waals surface area contributed by atoms with E-state index >= 15 is 0 Å². The first-order valence-corrected chi connectivity index (χ1v) is 7.33. The summed E-state index contributed by atoms with van der Waals surface area (Å²) in [5.74, 6) is -0.212. The average Bonchev–Trinajstić information content (AvgIpc) is 2.42. The topological polar surface area (TPSA) is 51.1 Å². The molecule has 1 heterocycles. The van der Waals surface area contributed by atoms with E-state index in [1.54, 1.807) is 12.3 Å². The molecule has 1 aromatic carbocycles. The molecule has 116 valence electrons. The van der Waals surface area contributed by atoms with Crippen molar-refractivity contribution in [3.63, 3.8) is 0 Å². The zero-order valence-corrected chi connectivity index (χ0v) is 13.5. The molecule has 0 radical (unpaired) electrons. The molecular formula is C18H22N2O2. The molecule has 4 nitrogen and oxygen atoms in total. The molecule has 1 aromatic heterocycles. The number of carbonyl (C=O) groups excluding carboxylic acids is 1. The van der Waals surface area contributed by atoms with Crippen LogP contribution in [0.2, 0.25) is 0 Å². The Morgan fingerprint density at radius 3 is 2.32 bits per heavy atom. The first-order chi connectivity index (χ1) is 10.3. The fourth-order valence-electron chi connectivity index (χ4n) is 2.18. The largest absolute Gasteiger partial charge is 0.325 e. The van der Waals surface area contributed by atoms with Crippen molar-refractivity contribution in [1.82, 2.24) is 4.57 Å². The molecule has 0 spiro atoms. The van der Waals surface area contributed by atoms with Gasteiger partial charge in [0.1, 0.15) is 6.54 Å². The van der Waals surface area contributed by atoms with E-state index in [0.717, 1.165) is 11.3 Å². The van der Waals surface area contributed by atoms with Crippen LogP contribution in [0.25, 0.3) is 0 Å². The van der Waals surface area contributed by atoms with E-state index in [1.165, 1.54) is 16.2 Å². The predicted octanol–water partition coefficient (Wildman–Crippen LogP) is 3.09. The molecule has 2 rings (SSSR count). The Bertz CT molecular complexity index is 722. The molecule has 0 bridgehead atoms. The molecule has 0 aliphatic rings. The Balaban J connectivity index is 2.06. The van der Waals surface area contributed by atoms with Crippen LogP contribution in [-0.4, -0.2) is 10.5 Å². The van der Waals surface area contributed by atoms with Crippen molar-refractivity contribution in [3.8, 4) is 0 Å². The molecule has 1 amide bonds. The van der Waals surface area contributed by atoms with E-state index in [4.69, 9.17) is 0 Å². The molecule has 0 aliphatic heterocycles. The highest BCUT2D eigenvalue weighted by Gasteiger charge is 2.13. The van der Waals surface area contributed by atoms with Crippen LogP contribution in [0, 0.1) is 6.92 Å². The highest BCUT2D eigenvalue weighted by Crippen LogP contribution is 2.23. The van der Waals surface area contributed by atoms with Crippen LogP contribution in [0.15, 0.2) is 47.4 Å². The van der Waals surface area contributed by atoms with Crippen molar-refractivity contribution in [3.05, 3.63) is 64.1 Å². The van der Waals surface area contributed by atoms with Crippen molar-refractivity contribution in [2.24, 2.45) is 0 Å². The van der Waals surface area contributed by atoms with Crippen molar-refractivity contribution < 1.29 is 4.79 Å². The van der Waals surface area contributed by atoms with Crippen LogP contribution in [0.5, 0.6) is 0 Å². The number of aromatic nitrogens is 1. The summed E-state index contributed by atoms with van der Waals surface area (Å²) < 4.78 is 1.41. The summed E-state index contributed by atoms with van der Waals surface area (Å²) in [4.78, 5) is 23.8. The third kappa shape index (κ3) is 4.07. The minimum Gasteiger partial charge on any atom is -0.325 e. The summed E-state index contributed by atoms with van der Waals surface area (Å²) in [6.45, 7) is 8.33. The molecule has 0 saturated carbocycles. The quantitative estimate of drug-likeness (QED) is 0.946. The number of benzene rings is 1. The molecule has 4 heteroatoms. The number of aryl methyl sites for hydroxylation is 1. The number of anilines is 1. The Hall–Kier alpha value is -2.36. The molecule has 0 atom stereocenters. The molecule has 2 aromatic rings. The third-order valence-corrected chi connectivity index (χ3v) is 3.48. The number of hydrogen-bond acceptors (Lipinski definition) is 2. The minimum atomic E-state index is -0.212. The molecule has 0 aliphatic carbocycles. The van der Waals surface area contributed by atoms with Gasteiger partial charge in [-0.1, -0.05) is 39.0 Å². The lowest BCUT2D eigenvalue weighted by Gasteiger charge is -2.19. The van der Waals surface area contributed by atoms with Gasteiger partial charge in [-0.25, -0.2) is 0 Å². The highest BCUT2D eigenvalue weighted by molar-refractivity contribution is 5.90. The van der Waals surface area contributed by atoms with Crippen molar-refractivity contribution in [2.45, 2.75) is 39.7 Å². The first-order valence-electron chi connectivity index (χ1n) is 7.33. The molecule has 0 fully saturated rings. The van der Waals surface area contributed by atoms with Gasteiger partial charge < -0.3 is 9.88 Å². The van der Waals surface area contributed by atoms with E-state index in [9.17, 15) is 9.59 Å². The fourth-order valence-corrected chi connectivity index (χ4v) is 2.18. The van der Waals surface area contributed by atoms with Gasteiger partial charge in [-0.05, 0) is 35.6 Å². The summed E-state index contributed by atoms with van der Waals surface area (Å²) >= 11 is 0. The second-order valence-electron chi connectivity index (χ2n) is 6.55. The van der Waals surface area contributed by atoms with Crippen LogP contribution < -0.4 is 10.9 Å². The molecule has 22 heavy (non-hydrogen) atoms. The summed E-state index contributed by atoms with van der Waals surface area (Å²) in [6.07, 6.45) is 1.69. The van der Waals surface area contributed by atoms with E-state index < -0.39 is 0 Å². The Morgan fingerprint density at radius 2 is 1.73 bits per heavy atom. The smallest absolute Gasteiger partial charge is 0.251 e. The van der Waals surface area contributed by atoms with Gasteiger partial charge in [-0.15, -0.1) is 0 Å². The maximum Gasteiger partial charge on any atom is 0.251 e. The Morgan fingerprint density at radius 1 is 1.09 bits per heavy atom. The van der Waals surface area contributed by atoms with Gasteiger partial charge in [0.25, 0.3) is 5.56 Å². The van der Waals surface area contributed by atoms with Crippen LogP contribution in [-0.2, 0) is 16.8 Å². The van der Waals surface area contributed by atoms with E-state index in [-0.39, 0.29) is 23.4 Å². The van der Waals surface area contributed by atoms with Gasteiger partial charge in [0, 0.05) is 18.0 Å². The van der Waals surface area contributed by atoms with Crippen molar-refractivity contribution in [1.29, 1.82) is 0 Å². The van der Waals surface area contributed by atoms with Crippen LogP contribution in [0.1, 0.15) is 31.9 Å². The lowest BCUT2D eigenvalue weighted by atomic mass is 9.87. The number of hydrogen-bond donors (Lipinski definition) is 1. The number of nitrogens with zero attached hydrogens (tertiary/aromatic N) is 1. The third-order valence-electron chi connectivity index (χ3n) is 3.48. The van der Waals surface area contributed by atoms with Crippen molar-refractivity contribution in [2.75, 3.05) is 5.32 Å². The van der Waals surface area contributed by atoms with Crippen LogP contribution in [0.4, 0.5) is 5.69 Å². The second-order valence-corrected chi connectivity index (χ2v) is 6.55. The molecular weight excluding hydrogens is 276 g/mol. The molecule has 0 unspecified atom stereocenters. The summed E-state index contributed by atoms with van der Waals surface area (Å²) in [6, 6.07) is 11.0. The minimum absolute atomic E-state index is 0.0154. The van der Waals surface area contributed by atoms with Gasteiger partial charge in [-0.2, -0.15) is 0 Å². The SMILES string of the molecule is Cc1ccc(=O)n(CC(=O)Nc2ccc(C(C)(C)C)cc2)c1. The van der Waals surface area contributed by atoms with Gasteiger partial charge in [-0.3, -0.25) is 9.59 Å². The van der Waals surface area contributed by atoms with E-state index in [1.807, 2.05) is 31.2 Å². The molecule has 0 saturated heterocycles. The number of nitrogens with one attached hydrogen (secondary N) is 1. The van der Waals surface area contributed by atoms with Gasteiger partial charge in [0.05, 0.1) is 0 Å². The maximum absolute atomic E-state index is 12.1. The predicted molar refractivity (Wildman–Crippen MR) is 89.2 cm³/mol. The zero-order valence-electron chi connectivity index (χ0n) is 13.5. The number of carbonyl (C=O) groups is 1. The fraction of sp³-hybridized carbons (Fsp3) is 0.333. The maximum atomic E-state index is 12.1. The Kier molecular flexibility index (Phi) is 4.50. The van der Waals surface area contributed by atoms with Gasteiger partial charge in [0.2, 0.25) is 5.91 Å². The monoisotopic (exact) mass is 298 g/mol. The highest BCUT2D eigenvalue weighted by atomic mass is 16.2. The Labute approximate surface area is 130 Å². The lowest BCUT2D eigenvalue weighted by Crippen LogP contribution is -2.26. The normalized spacial score (nSPS) is 11.3. The van der Waals surface area contributed by atoms with Gasteiger partial charge in [0.15, 0.2) is 0 Å². The zero-order chi connectivity index (χ0) is 16.3. The number of pyridine rings is 1. The lowest BCUT2D eigenvalue weighted by molar-refractivity contribution is -0.116. The number of amides is 1. The average molecular weight is 298 g/mol. The van der Waals surface area contributed by atoms with E-state index in [2.05, 4.69) is 26.1 Å². The van der Waals surface area contributed by atoms with E-state index in [0.29, 0.717) is 0 Å². The second kappa shape index (κ2) is 6.18. The van der Waals surface area contributed by atoms with Gasteiger partial charge >= 0.3 is 0 Å². The van der Waals surface area contributed by atoms with Crippen LogP contribution in [0.3, 0.4) is 0 Å². The number of rotatable bonds is 3. The summed E-state index contributed by atoms with van der Waals surface area (Å²) in [5, 5.41) is 2.82. The van der Waals surface area contributed by atoms with Crippen molar-refractivity contribution >= 4 is 11.6 Å². The standard InChI is InChI=1S/C18H22N2O2/c1-13-5-10-17(22)20(11-13)12-16(21)19-15-8-6-14(7-9-15)18(2,3)4/h5-11H,12H2,1-4H3,(H,19,21). The first kappa shape index (κ1) is 16.0. The van der Waals surface area contributed by atoms with Crippen LogP contribution >= 0.6 is 0 Å². The summed E-state index contributed by atoms with van der Waals surface area (Å²) in [7, 11) is 0. The summed E-state index contributed by atoms with van der Waals surface area (Å²) in [5.41, 5.74) is 2.79. The molecule has 1 N–H and O–H groups in total.